The molecule has 0 radical (unpaired) electrons. The summed E-state index contributed by atoms with van der Waals surface area (Å²) >= 11 is 0. The van der Waals surface area contributed by atoms with E-state index >= 15 is 0 Å². The van der Waals surface area contributed by atoms with Crippen molar-refractivity contribution in [3.63, 3.8) is 0 Å². The molecular formula is C18H26O2. The van der Waals surface area contributed by atoms with Crippen LogP contribution in [-0.2, 0) is 11.8 Å². The highest BCUT2D eigenvalue weighted by Crippen LogP contribution is 2.57. The summed E-state index contributed by atoms with van der Waals surface area (Å²) in [4.78, 5) is 0. The molecule has 0 heterocycles. The van der Waals surface area contributed by atoms with E-state index in [1.165, 1.54) is 30.4 Å². The van der Waals surface area contributed by atoms with E-state index in [2.05, 4.69) is 32.0 Å². The normalized spacial score (nSPS) is 36.1. The topological polar surface area (TPSA) is 29.5 Å². The van der Waals surface area contributed by atoms with E-state index < -0.39 is 0 Å². The van der Waals surface area contributed by atoms with Crippen molar-refractivity contribution < 1.29 is 9.84 Å². The van der Waals surface area contributed by atoms with Gasteiger partial charge in [0.2, 0.25) is 0 Å². The summed E-state index contributed by atoms with van der Waals surface area (Å²) < 4.78 is 5.43. The Morgan fingerprint density at radius 1 is 1.30 bits per heavy atom. The predicted molar refractivity (Wildman–Crippen MR) is 81.2 cm³/mol. The van der Waals surface area contributed by atoms with E-state index in [1.807, 2.05) is 0 Å². The van der Waals surface area contributed by atoms with Crippen molar-refractivity contribution in [2.24, 2.45) is 11.3 Å². The molecule has 1 aromatic carbocycles. The summed E-state index contributed by atoms with van der Waals surface area (Å²) in [6.07, 6.45) is 5.93. The third-order valence-corrected chi connectivity index (χ3v) is 6.05. The number of aliphatic hydroxyl groups is 1. The van der Waals surface area contributed by atoms with E-state index in [1.54, 1.807) is 7.11 Å². The zero-order chi connectivity index (χ0) is 14.4. The number of aliphatic hydroxyl groups excluding tert-OH is 1. The molecular weight excluding hydrogens is 248 g/mol. The summed E-state index contributed by atoms with van der Waals surface area (Å²) in [6, 6.07) is 6.56. The Labute approximate surface area is 122 Å². The van der Waals surface area contributed by atoms with Gasteiger partial charge in [0.25, 0.3) is 0 Å². The second-order valence-electron chi connectivity index (χ2n) is 7.20. The molecule has 1 N–H and O–H groups in total. The Morgan fingerprint density at radius 3 is 2.80 bits per heavy atom. The molecule has 2 aliphatic carbocycles. The van der Waals surface area contributed by atoms with Crippen LogP contribution in [0.5, 0.6) is 5.75 Å². The molecule has 0 saturated heterocycles. The second-order valence-corrected chi connectivity index (χ2v) is 7.20. The number of ether oxygens (including phenoxy) is 1. The number of fused-ring (bicyclic) bond motifs is 3. The minimum atomic E-state index is 0.0771. The number of aryl methyl sites for hydroxylation is 1. The van der Waals surface area contributed by atoms with Gasteiger partial charge in [0, 0.05) is 6.61 Å². The maximum Gasteiger partial charge on any atom is 0.119 e. The molecule has 0 aliphatic heterocycles. The van der Waals surface area contributed by atoms with Crippen LogP contribution in [0.4, 0.5) is 0 Å². The molecule has 2 nitrogen and oxygen atoms in total. The highest BCUT2D eigenvalue weighted by atomic mass is 16.5. The monoisotopic (exact) mass is 274 g/mol. The van der Waals surface area contributed by atoms with Crippen LogP contribution in [-0.4, -0.2) is 18.8 Å². The van der Waals surface area contributed by atoms with Crippen LogP contribution < -0.4 is 4.74 Å². The van der Waals surface area contributed by atoms with E-state index in [0.717, 1.165) is 18.6 Å². The lowest BCUT2D eigenvalue weighted by molar-refractivity contribution is -0.0179. The number of rotatable bonds is 2. The number of benzene rings is 1. The smallest absolute Gasteiger partial charge is 0.119 e. The average Bonchev–Trinajstić information content (AvgIpc) is 2.46. The third kappa shape index (κ3) is 1.88. The summed E-state index contributed by atoms with van der Waals surface area (Å²) in [7, 11) is 1.74. The van der Waals surface area contributed by atoms with Gasteiger partial charge in [-0.05, 0) is 65.7 Å². The van der Waals surface area contributed by atoms with Crippen molar-refractivity contribution in [2.75, 3.05) is 13.7 Å². The summed E-state index contributed by atoms with van der Waals surface area (Å²) in [6.45, 7) is 5.00. The molecule has 1 aromatic rings. The van der Waals surface area contributed by atoms with Gasteiger partial charge in [0.05, 0.1) is 7.11 Å². The first-order chi connectivity index (χ1) is 9.53. The Balaban J connectivity index is 2.09. The van der Waals surface area contributed by atoms with Gasteiger partial charge < -0.3 is 9.84 Å². The van der Waals surface area contributed by atoms with Crippen molar-refractivity contribution in [1.82, 2.24) is 0 Å². The molecule has 3 rings (SSSR count). The van der Waals surface area contributed by atoms with E-state index in [-0.39, 0.29) is 10.8 Å². The zero-order valence-corrected chi connectivity index (χ0v) is 12.9. The minimum Gasteiger partial charge on any atom is -0.497 e. The van der Waals surface area contributed by atoms with Crippen LogP contribution >= 0.6 is 0 Å². The molecule has 3 atom stereocenters. The molecule has 2 heteroatoms. The fourth-order valence-electron chi connectivity index (χ4n) is 4.89. The first kappa shape index (κ1) is 13.9. The minimum absolute atomic E-state index is 0.0771. The van der Waals surface area contributed by atoms with Gasteiger partial charge in [-0.2, -0.15) is 0 Å². The van der Waals surface area contributed by atoms with E-state index in [4.69, 9.17) is 4.74 Å². The van der Waals surface area contributed by atoms with Gasteiger partial charge in [-0.25, -0.2) is 0 Å². The number of methoxy groups -OCH3 is 1. The molecule has 20 heavy (non-hydrogen) atoms. The molecule has 0 bridgehead atoms. The summed E-state index contributed by atoms with van der Waals surface area (Å²) in [5.41, 5.74) is 3.21. The van der Waals surface area contributed by atoms with Crippen molar-refractivity contribution in [3.8, 4) is 5.75 Å². The van der Waals surface area contributed by atoms with Crippen molar-refractivity contribution in [3.05, 3.63) is 29.3 Å². The molecule has 1 fully saturated rings. The lowest BCUT2D eigenvalue weighted by atomic mass is 9.50. The van der Waals surface area contributed by atoms with Gasteiger partial charge in [0.15, 0.2) is 0 Å². The molecule has 110 valence electrons. The van der Waals surface area contributed by atoms with Crippen LogP contribution in [0.3, 0.4) is 0 Å². The van der Waals surface area contributed by atoms with Gasteiger partial charge in [-0.3, -0.25) is 0 Å². The standard InChI is InChI=1S/C18H26O2/c1-17(12-19)9-4-10-18(2)15-11-14(20-3)7-5-13(15)6-8-16(17)18/h5,7,11,16,19H,4,6,8-10,12H2,1-3H3/t16?,17-,18-/m1/s1. The fraction of sp³-hybridized carbons (Fsp3) is 0.667. The average molecular weight is 274 g/mol. The van der Waals surface area contributed by atoms with Gasteiger partial charge in [-0.1, -0.05) is 26.3 Å². The largest absolute Gasteiger partial charge is 0.497 e. The zero-order valence-electron chi connectivity index (χ0n) is 12.9. The van der Waals surface area contributed by atoms with E-state index in [9.17, 15) is 5.11 Å². The van der Waals surface area contributed by atoms with Crippen molar-refractivity contribution >= 4 is 0 Å². The predicted octanol–water partition coefficient (Wildman–Crippen LogP) is 3.70. The Kier molecular flexibility index (Phi) is 3.32. The van der Waals surface area contributed by atoms with Crippen LogP contribution in [0.15, 0.2) is 18.2 Å². The van der Waals surface area contributed by atoms with Gasteiger partial charge in [-0.15, -0.1) is 0 Å². The molecule has 1 saturated carbocycles. The molecule has 0 spiro atoms. The van der Waals surface area contributed by atoms with Crippen LogP contribution in [0.2, 0.25) is 0 Å². The lowest BCUT2D eigenvalue weighted by Crippen LogP contribution is -2.50. The van der Waals surface area contributed by atoms with Crippen LogP contribution in [0.1, 0.15) is 50.7 Å². The lowest BCUT2D eigenvalue weighted by Gasteiger charge is -2.55. The maximum atomic E-state index is 9.93. The first-order valence-corrected chi connectivity index (χ1v) is 7.82. The Hall–Kier alpha value is -1.02. The highest BCUT2D eigenvalue weighted by molar-refractivity contribution is 5.43. The molecule has 0 amide bonds. The fourth-order valence-corrected chi connectivity index (χ4v) is 4.89. The van der Waals surface area contributed by atoms with Crippen LogP contribution in [0, 0.1) is 11.3 Å². The Bertz CT molecular complexity index is 510. The summed E-state index contributed by atoms with van der Waals surface area (Å²) in [5.74, 6) is 1.54. The molecule has 1 unspecified atom stereocenters. The number of hydrogen-bond donors (Lipinski definition) is 1. The van der Waals surface area contributed by atoms with Gasteiger partial charge >= 0.3 is 0 Å². The van der Waals surface area contributed by atoms with Crippen LogP contribution in [0.25, 0.3) is 0 Å². The summed E-state index contributed by atoms with van der Waals surface area (Å²) in [5, 5.41) is 9.93. The van der Waals surface area contributed by atoms with Crippen molar-refractivity contribution in [2.45, 2.75) is 51.4 Å². The van der Waals surface area contributed by atoms with Crippen molar-refractivity contribution in [1.29, 1.82) is 0 Å². The molecule has 2 aliphatic rings. The molecule has 0 aromatic heterocycles. The van der Waals surface area contributed by atoms with E-state index in [0.29, 0.717) is 12.5 Å². The highest BCUT2D eigenvalue weighted by Gasteiger charge is 2.51. The first-order valence-electron chi connectivity index (χ1n) is 7.82. The number of hydrogen-bond acceptors (Lipinski definition) is 2. The Morgan fingerprint density at radius 2 is 2.10 bits per heavy atom. The quantitative estimate of drug-likeness (QED) is 0.891. The SMILES string of the molecule is COc1ccc2c(c1)[C@@]1(C)CCC[C@](C)(CO)C1CC2. The van der Waals surface area contributed by atoms with Gasteiger partial charge in [0.1, 0.15) is 5.75 Å². The second kappa shape index (κ2) is 4.77. The third-order valence-electron chi connectivity index (χ3n) is 6.05. The maximum absolute atomic E-state index is 9.93.